The lowest BCUT2D eigenvalue weighted by atomic mass is 10.2. The second kappa shape index (κ2) is 9.50. The maximum atomic E-state index is 12.6. The molecule has 0 aliphatic carbocycles. The SMILES string of the molecule is CN=C(NCc1cc(Cl)ccc1OC(F)F)N1CCN(c2ncccn2)CC1. The predicted octanol–water partition coefficient (Wildman–Crippen LogP) is 2.63. The van der Waals surface area contributed by atoms with Crippen LogP contribution in [-0.4, -0.2) is 60.7 Å². The standard InChI is InChI=1S/C18H21ClF2N6O/c1-22-17(25-12-13-11-14(19)3-4-15(13)28-16(20)21)26-7-9-27(10-8-26)18-23-5-2-6-24-18/h2-6,11,16H,7-10,12H2,1H3,(H,22,25). The van der Waals surface area contributed by atoms with E-state index in [0.29, 0.717) is 22.5 Å². The molecule has 1 aliphatic heterocycles. The van der Waals surface area contributed by atoms with Crippen molar-refractivity contribution in [3.8, 4) is 5.75 Å². The van der Waals surface area contributed by atoms with E-state index in [4.69, 9.17) is 11.6 Å². The number of benzene rings is 1. The number of hydrogen-bond donors (Lipinski definition) is 1. The largest absolute Gasteiger partial charge is 0.434 e. The highest BCUT2D eigenvalue weighted by atomic mass is 35.5. The molecule has 0 radical (unpaired) electrons. The normalized spacial score (nSPS) is 15.1. The molecule has 0 atom stereocenters. The zero-order valence-corrected chi connectivity index (χ0v) is 16.1. The molecular weight excluding hydrogens is 390 g/mol. The smallest absolute Gasteiger partial charge is 0.387 e. The van der Waals surface area contributed by atoms with Crippen LogP contribution >= 0.6 is 11.6 Å². The Morgan fingerprint density at radius 2 is 1.96 bits per heavy atom. The van der Waals surface area contributed by atoms with E-state index in [1.165, 1.54) is 12.1 Å². The summed E-state index contributed by atoms with van der Waals surface area (Å²) in [6.45, 7) is 0.329. The van der Waals surface area contributed by atoms with Crippen LogP contribution in [0.5, 0.6) is 5.75 Å². The fourth-order valence-corrected chi connectivity index (χ4v) is 3.17. The molecule has 0 unspecified atom stereocenters. The van der Waals surface area contributed by atoms with Crippen molar-refractivity contribution in [3.63, 3.8) is 0 Å². The van der Waals surface area contributed by atoms with Gasteiger partial charge in [-0.25, -0.2) is 9.97 Å². The number of rotatable bonds is 5. The zero-order chi connectivity index (χ0) is 19.9. The summed E-state index contributed by atoms with van der Waals surface area (Å²) in [7, 11) is 1.68. The molecule has 28 heavy (non-hydrogen) atoms. The lowest BCUT2D eigenvalue weighted by molar-refractivity contribution is -0.0504. The number of aromatic nitrogens is 2. The maximum Gasteiger partial charge on any atom is 0.387 e. The lowest BCUT2D eigenvalue weighted by Crippen LogP contribution is -2.52. The van der Waals surface area contributed by atoms with Crippen molar-refractivity contribution >= 4 is 23.5 Å². The van der Waals surface area contributed by atoms with Gasteiger partial charge in [0.15, 0.2) is 5.96 Å². The third kappa shape index (κ3) is 5.19. The Bertz CT molecular complexity index is 800. The summed E-state index contributed by atoms with van der Waals surface area (Å²) in [5.74, 6) is 1.47. The second-order valence-electron chi connectivity index (χ2n) is 6.05. The molecule has 0 spiro atoms. The van der Waals surface area contributed by atoms with Gasteiger partial charge in [0.2, 0.25) is 5.95 Å². The number of alkyl halides is 2. The molecule has 2 heterocycles. The maximum absolute atomic E-state index is 12.6. The molecule has 1 fully saturated rings. The molecule has 1 aromatic heterocycles. The Morgan fingerprint density at radius 1 is 1.25 bits per heavy atom. The van der Waals surface area contributed by atoms with Gasteiger partial charge in [0.1, 0.15) is 5.75 Å². The van der Waals surface area contributed by atoms with E-state index in [1.807, 2.05) is 0 Å². The fraction of sp³-hybridized carbons (Fsp3) is 0.389. The average molecular weight is 411 g/mol. The molecule has 1 saturated heterocycles. The van der Waals surface area contributed by atoms with Gasteiger partial charge in [0.05, 0.1) is 0 Å². The number of nitrogens with one attached hydrogen (secondary N) is 1. The van der Waals surface area contributed by atoms with Crippen LogP contribution in [-0.2, 0) is 6.54 Å². The van der Waals surface area contributed by atoms with E-state index < -0.39 is 6.61 Å². The molecule has 0 amide bonds. The number of anilines is 1. The quantitative estimate of drug-likeness (QED) is 0.604. The minimum absolute atomic E-state index is 0.0911. The Kier molecular flexibility index (Phi) is 6.80. The molecule has 150 valence electrons. The highest BCUT2D eigenvalue weighted by Gasteiger charge is 2.21. The van der Waals surface area contributed by atoms with Crippen molar-refractivity contribution < 1.29 is 13.5 Å². The van der Waals surface area contributed by atoms with Gasteiger partial charge in [-0.05, 0) is 24.3 Å². The second-order valence-corrected chi connectivity index (χ2v) is 6.49. The molecule has 7 nitrogen and oxygen atoms in total. The van der Waals surface area contributed by atoms with Gasteiger partial charge in [0.25, 0.3) is 0 Å². The van der Waals surface area contributed by atoms with Gasteiger partial charge in [0, 0.05) is 62.8 Å². The van der Waals surface area contributed by atoms with Crippen LogP contribution in [0.4, 0.5) is 14.7 Å². The van der Waals surface area contributed by atoms with Gasteiger partial charge >= 0.3 is 6.61 Å². The van der Waals surface area contributed by atoms with Crippen LogP contribution in [0.2, 0.25) is 5.02 Å². The number of guanidine groups is 1. The monoisotopic (exact) mass is 410 g/mol. The van der Waals surface area contributed by atoms with Crippen molar-refractivity contribution in [3.05, 3.63) is 47.2 Å². The number of piperazine rings is 1. The molecule has 1 aliphatic rings. The van der Waals surface area contributed by atoms with Gasteiger partial charge < -0.3 is 19.9 Å². The average Bonchev–Trinajstić information content (AvgIpc) is 2.71. The summed E-state index contributed by atoms with van der Waals surface area (Å²) < 4.78 is 29.8. The number of ether oxygens (including phenoxy) is 1. The summed E-state index contributed by atoms with van der Waals surface area (Å²) in [5.41, 5.74) is 0.533. The molecule has 2 aromatic rings. The Labute approximate surface area is 167 Å². The van der Waals surface area contributed by atoms with Crippen molar-refractivity contribution in [2.75, 3.05) is 38.1 Å². The van der Waals surface area contributed by atoms with Crippen molar-refractivity contribution in [2.45, 2.75) is 13.2 Å². The summed E-state index contributed by atoms with van der Waals surface area (Å²) >= 11 is 6.00. The van der Waals surface area contributed by atoms with E-state index in [9.17, 15) is 8.78 Å². The lowest BCUT2D eigenvalue weighted by Gasteiger charge is -2.36. The Balaban J connectivity index is 1.59. The Hall–Kier alpha value is -2.68. The number of halogens is 3. The van der Waals surface area contributed by atoms with Gasteiger partial charge in [-0.3, -0.25) is 4.99 Å². The summed E-state index contributed by atoms with van der Waals surface area (Å²) in [6, 6.07) is 6.34. The molecule has 10 heteroatoms. The van der Waals surface area contributed by atoms with Crippen molar-refractivity contribution in [2.24, 2.45) is 4.99 Å². The van der Waals surface area contributed by atoms with Crippen molar-refractivity contribution in [1.29, 1.82) is 0 Å². The molecule has 1 N–H and O–H groups in total. The summed E-state index contributed by atoms with van der Waals surface area (Å²) in [4.78, 5) is 17.0. The number of hydrogen-bond acceptors (Lipinski definition) is 5. The highest BCUT2D eigenvalue weighted by molar-refractivity contribution is 6.30. The van der Waals surface area contributed by atoms with Gasteiger partial charge in [-0.2, -0.15) is 8.78 Å². The number of nitrogens with zero attached hydrogens (tertiary/aromatic N) is 5. The van der Waals surface area contributed by atoms with E-state index >= 15 is 0 Å². The van der Waals surface area contributed by atoms with Crippen LogP contribution in [0.3, 0.4) is 0 Å². The molecule has 0 saturated carbocycles. The van der Waals surface area contributed by atoms with Crippen LogP contribution < -0.4 is 15.0 Å². The summed E-state index contributed by atoms with van der Waals surface area (Å²) in [6.07, 6.45) is 3.44. The highest BCUT2D eigenvalue weighted by Crippen LogP contribution is 2.24. The molecular formula is C18H21ClF2N6O. The first-order valence-electron chi connectivity index (χ1n) is 8.77. The van der Waals surface area contributed by atoms with E-state index in [1.54, 1.807) is 31.6 Å². The molecule has 3 rings (SSSR count). The molecule has 1 aromatic carbocycles. The van der Waals surface area contributed by atoms with Crippen LogP contribution in [0.25, 0.3) is 0 Å². The van der Waals surface area contributed by atoms with Crippen LogP contribution in [0, 0.1) is 0 Å². The minimum atomic E-state index is -2.90. The van der Waals surface area contributed by atoms with E-state index in [-0.39, 0.29) is 12.3 Å². The first kappa shape index (κ1) is 20.1. The number of aliphatic imine (C=N–C) groups is 1. The Morgan fingerprint density at radius 3 is 2.61 bits per heavy atom. The van der Waals surface area contributed by atoms with E-state index in [2.05, 4.69) is 34.8 Å². The van der Waals surface area contributed by atoms with Crippen molar-refractivity contribution in [1.82, 2.24) is 20.2 Å². The van der Waals surface area contributed by atoms with E-state index in [0.717, 1.165) is 26.2 Å². The first-order valence-corrected chi connectivity index (χ1v) is 9.15. The third-order valence-corrected chi connectivity index (χ3v) is 4.54. The van der Waals surface area contributed by atoms with Crippen LogP contribution in [0.1, 0.15) is 5.56 Å². The zero-order valence-electron chi connectivity index (χ0n) is 15.4. The van der Waals surface area contributed by atoms with Gasteiger partial charge in [-0.15, -0.1) is 0 Å². The molecule has 0 bridgehead atoms. The van der Waals surface area contributed by atoms with Gasteiger partial charge in [-0.1, -0.05) is 11.6 Å². The fourth-order valence-electron chi connectivity index (χ4n) is 2.98. The topological polar surface area (TPSA) is 65.9 Å². The van der Waals surface area contributed by atoms with Crippen LogP contribution in [0.15, 0.2) is 41.7 Å². The summed E-state index contributed by atoms with van der Waals surface area (Å²) in [5, 5.41) is 3.64. The first-order chi connectivity index (χ1) is 13.6. The predicted molar refractivity (Wildman–Crippen MR) is 104 cm³/mol. The third-order valence-electron chi connectivity index (χ3n) is 4.30. The minimum Gasteiger partial charge on any atom is -0.434 e.